The lowest BCUT2D eigenvalue weighted by molar-refractivity contribution is -0.117. The van der Waals surface area contributed by atoms with Crippen LogP contribution in [0.15, 0.2) is 66.7 Å². The van der Waals surface area contributed by atoms with Crippen molar-refractivity contribution in [1.29, 1.82) is 0 Å². The first-order valence-electron chi connectivity index (χ1n) is 9.03. The molecule has 0 heterocycles. The largest absolute Gasteiger partial charge is 0.465 e. The molecule has 3 aromatic rings. The number of nitrogens with one attached hydrogen (secondary N) is 1. The average Bonchev–Trinajstić information content (AvgIpc) is 2.70. The molecule has 0 fully saturated rings. The number of rotatable bonds is 8. The van der Waals surface area contributed by atoms with Crippen molar-refractivity contribution in [2.45, 2.75) is 12.8 Å². The number of ketones is 1. The van der Waals surface area contributed by atoms with Crippen LogP contribution < -0.4 is 5.32 Å². The van der Waals surface area contributed by atoms with Gasteiger partial charge in [0.1, 0.15) is 0 Å². The van der Waals surface area contributed by atoms with Gasteiger partial charge in [0.25, 0.3) is 0 Å². The topological polar surface area (TPSA) is 55.4 Å². The van der Waals surface area contributed by atoms with E-state index in [4.69, 9.17) is 4.74 Å². The lowest BCUT2D eigenvalue weighted by Crippen LogP contribution is -2.26. The van der Waals surface area contributed by atoms with Gasteiger partial charge in [-0.15, -0.1) is 0 Å². The number of carbonyl (C=O) groups is 2. The molecule has 1 N–H and O–H groups in total. The van der Waals surface area contributed by atoms with E-state index in [9.17, 15) is 9.59 Å². The zero-order valence-electron chi connectivity index (χ0n) is 15.4. The van der Waals surface area contributed by atoms with Crippen LogP contribution in [-0.2, 0) is 22.4 Å². The van der Waals surface area contributed by atoms with E-state index in [0.717, 1.165) is 22.9 Å². The molecule has 0 bridgehead atoms. The highest BCUT2D eigenvalue weighted by atomic mass is 16.5. The van der Waals surface area contributed by atoms with Gasteiger partial charge in [0.05, 0.1) is 19.2 Å². The second-order valence-electron chi connectivity index (χ2n) is 6.52. The molecule has 0 aliphatic rings. The van der Waals surface area contributed by atoms with Crippen LogP contribution in [-0.4, -0.2) is 32.0 Å². The van der Waals surface area contributed by atoms with Gasteiger partial charge in [0, 0.05) is 6.42 Å². The van der Waals surface area contributed by atoms with Crippen LogP contribution in [0.5, 0.6) is 0 Å². The monoisotopic (exact) mass is 361 g/mol. The Kier molecular flexibility index (Phi) is 6.34. The van der Waals surface area contributed by atoms with Gasteiger partial charge in [-0.25, -0.2) is 4.79 Å². The summed E-state index contributed by atoms with van der Waals surface area (Å²) in [6.07, 6.45) is 1.17. The number of ether oxygens (including phenoxy) is 1. The molecular formula is C23H23NO3. The quantitative estimate of drug-likeness (QED) is 0.492. The maximum absolute atomic E-state index is 12.2. The first-order chi connectivity index (χ1) is 13.2. The Morgan fingerprint density at radius 1 is 0.889 bits per heavy atom. The zero-order chi connectivity index (χ0) is 19.1. The first kappa shape index (κ1) is 18.8. The fourth-order valence-electron chi connectivity index (χ4n) is 3.07. The minimum atomic E-state index is -0.338. The molecule has 0 aliphatic heterocycles. The first-order valence-corrected chi connectivity index (χ1v) is 9.03. The summed E-state index contributed by atoms with van der Waals surface area (Å²) < 4.78 is 4.73. The maximum atomic E-state index is 12.2. The van der Waals surface area contributed by atoms with Crippen molar-refractivity contribution in [3.05, 3.63) is 83.4 Å². The standard InChI is InChI=1S/C23H23NO3/c1-27-23(26)21-8-4-5-17(13-21)11-12-24-16-22(25)15-18-9-10-19-6-2-3-7-20(19)14-18/h2-10,13-14,24H,11-12,15-16H2,1H3. The second kappa shape index (κ2) is 9.10. The van der Waals surface area contributed by atoms with Gasteiger partial charge < -0.3 is 10.1 Å². The smallest absolute Gasteiger partial charge is 0.337 e. The van der Waals surface area contributed by atoms with E-state index < -0.39 is 0 Å². The molecule has 4 heteroatoms. The van der Waals surface area contributed by atoms with Gasteiger partial charge in [-0.1, -0.05) is 54.6 Å². The van der Waals surface area contributed by atoms with Gasteiger partial charge in [-0.2, -0.15) is 0 Å². The third-order valence-corrected chi connectivity index (χ3v) is 4.48. The molecule has 0 spiro atoms. The predicted molar refractivity (Wildman–Crippen MR) is 107 cm³/mol. The van der Waals surface area contributed by atoms with E-state index in [2.05, 4.69) is 29.6 Å². The number of fused-ring (bicyclic) bond motifs is 1. The highest BCUT2D eigenvalue weighted by Gasteiger charge is 2.07. The summed E-state index contributed by atoms with van der Waals surface area (Å²) in [5.74, 6) is -0.177. The summed E-state index contributed by atoms with van der Waals surface area (Å²) in [7, 11) is 1.37. The van der Waals surface area contributed by atoms with Crippen molar-refractivity contribution < 1.29 is 14.3 Å². The Hall–Kier alpha value is -2.98. The van der Waals surface area contributed by atoms with E-state index >= 15 is 0 Å². The summed E-state index contributed by atoms with van der Waals surface area (Å²) in [4.78, 5) is 23.8. The van der Waals surface area contributed by atoms with Crippen molar-refractivity contribution >= 4 is 22.5 Å². The fraction of sp³-hybridized carbons (Fsp3) is 0.217. The molecule has 138 valence electrons. The minimum Gasteiger partial charge on any atom is -0.465 e. The van der Waals surface area contributed by atoms with Crippen LogP contribution in [0, 0.1) is 0 Å². The Bertz CT molecular complexity index is 949. The van der Waals surface area contributed by atoms with Crippen LogP contribution in [0.1, 0.15) is 21.5 Å². The number of esters is 1. The Labute approximate surface area is 159 Å². The lowest BCUT2D eigenvalue weighted by atomic mass is 10.0. The molecule has 0 unspecified atom stereocenters. The number of methoxy groups -OCH3 is 1. The number of hydrogen-bond acceptors (Lipinski definition) is 4. The third-order valence-electron chi connectivity index (χ3n) is 4.48. The van der Waals surface area contributed by atoms with Gasteiger partial charge in [-0.05, 0) is 47.0 Å². The highest BCUT2D eigenvalue weighted by molar-refractivity contribution is 5.89. The molecule has 3 rings (SSSR count). The summed E-state index contributed by atoms with van der Waals surface area (Å²) in [6, 6.07) is 21.6. The van der Waals surface area contributed by atoms with Gasteiger partial charge in [0.2, 0.25) is 0 Å². The van der Waals surface area contributed by atoms with Crippen LogP contribution in [0.25, 0.3) is 10.8 Å². The van der Waals surface area contributed by atoms with Crippen molar-refractivity contribution in [2.24, 2.45) is 0 Å². The number of hydrogen-bond donors (Lipinski definition) is 1. The molecule has 4 nitrogen and oxygen atoms in total. The molecule has 27 heavy (non-hydrogen) atoms. The van der Waals surface area contributed by atoms with Crippen LogP contribution in [0.4, 0.5) is 0 Å². The molecule has 0 radical (unpaired) electrons. The third kappa shape index (κ3) is 5.25. The summed E-state index contributed by atoms with van der Waals surface area (Å²) in [5, 5.41) is 5.52. The summed E-state index contributed by atoms with van der Waals surface area (Å²) in [5.41, 5.74) is 2.61. The van der Waals surface area contributed by atoms with Crippen molar-refractivity contribution in [3.8, 4) is 0 Å². The zero-order valence-corrected chi connectivity index (χ0v) is 15.4. The van der Waals surface area contributed by atoms with Gasteiger partial charge in [0.15, 0.2) is 5.78 Å². The van der Waals surface area contributed by atoms with Crippen molar-refractivity contribution in [1.82, 2.24) is 5.32 Å². The van der Waals surface area contributed by atoms with Crippen LogP contribution in [0.2, 0.25) is 0 Å². The summed E-state index contributed by atoms with van der Waals surface area (Å²) >= 11 is 0. The molecule has 0 atom stereocenters. The maximum Gasteiger partial charge on any atom is 0.337 e. The molecule has 0 saturated heterocycles. The number of carbonyl (C=O) groups excluding carboxylic acids is 2. The van der Waals surface area contributed by atoms with Crippen molar-refractivity contribution in [3.63, 3.8) is 0 Å². The number of benzene rings is 3. The molecule has 0 saturated carbocycles. The predicted octanol–water partition coefficient (Wildman–Crippen LogP) is 3.57. The molecule has 0 aromatic heterocycles. The van der Waals surface area contributed by atoms with Crippen LogP contribution in [0.3, 0.4) is 0 Å². The van der Waals surface area contributed by atoms with E-state index in [0.29, 0.717) is 25.1 Å². The van der Waals surface area contributed by atoms with Gasteiger partial charge >= 0.3 is 5.97 Å². The van der Waals surface area contributed by atoms with E-state index in [1.165, 1.54) is 12.5 Å². The Morgan fingerprint density at radius 2 is 1.70 bits per heavy atom. The Balaban J connectivity index is 1.46. The number of Topliss-reactive ketones (excluding diaryl/α,β-unsaturated/α-hetero) is 1. The molecule has 0 aliphatic carbocycles. The van der Waals surface area contributed by atoms with E-state index in [1.54, 1.807) is 6.07 Å². The fourth-order valence-corrected chi connectivity index (χ4v) is 3.07. The summed E-state index contributed by atoms with van der Waals surface area (Å²) in [6.45, 7) is 1.01. The lowest BCUT2D eigenvalue weighted by Gasteiger charge is -2.07. The van der Waals surface area contributed by atoms with Gasteiger partial charge in [-0.3, -0.25) is 4.79 Å². The Morgan fingerprint density at radius 3 is 2.52 bits per heavy atom. The second-order valence-corrected chi connectivity index (χ2v) is 6.52. The minimum absolute atomic E-state index is 0.161. The SMILES string of the molecule is COC(=O)c1cccc(CCNCC(=O)Cc2ccc3ccccc3c2)c1. The van der Waals surface area contributed by atoms with E-state index in [1.807, 2.05) is 36.4 Å². The normalized spacial score (nSPS) is 10.7. The molecule has 3 aromatic carbocycles. The van der Waals surface area contributed by atoms with Crippen LogP contribution >= 0.6 is 0 Å². The molecule has 0 amide bonds. The van der Waals surface area contributed by atoms with E-state index in [-0.39, 0.29) is 11.8 Å². The average molecular weight is 361 g/mol. The van der Waals surface area contributed by atoms with Crippen molar-refractivity contribution in [2.75, 3.05) is 20.2 Å². The molecular weight excluding hydrogens is 338 g/mol. The highest BCUT2D eigenvalue weighted by Crippen LogP contribution is 2.16.